The van der Waals surface area contributed by atoms with E-state index in [0.29, 0.717) is 24.4 Å². The summed E-state index contributed by atoms with van der Waals surface area (Å²) in [5.74, 6) is 0.409. The summed E-state index contributed by atoms with van der Waals surface area (Å²) in [7, 11) is 3.15. The average Bonchev–Trinajstić information content (AvgIpc) is 3.03. The number of rotatable bonds is 3. The minimum atomic E-state index is -0.388. The Balaban J connectivity index is 1.95. The van der Waals surface area contributed by atoms with E-state index < -0.39 is 0 Å². The lowest BCUT2D eigenvalue weighted by Gasteiger charge is -2.36. The van der Waals surface area contributed by atoms with Crippen molar-refractivity contribution >= 4 is 23.1 Å². The number of halogens is 1. The van der Waals surface area contributed by atoms with Crippen molar-refractivity contribution < 1.29 is 13.9 Å². The zero-order chi connectivity index (χ0) is 17.5. The Bertz CT molecular complexity index is 797. The molecule has 6 heteroatoms. The van der Waals surface area contributed by atoms with E-state index in [2.05, 4.69) is 0 Å². The standard InChI is InChI=1S/C18H19FN2O2S/c1-18(8-16(20)21(2)17(22)9-18)15-6-12(10-24-15)11-4-13(19)7-14(5-11)23-3/h4-7,10,20H,8-9H2,1-3H3/t18-/m0/s1. The summed E-state index contributed by atoms with van der Waals surface area (Å²) in [6.07, 6.45) is 0.889. The second kappa shape index (κ2) is 6.02. The highest BCUT2D eigenvalue weighted by Crippen LogP contribution is 2.41. The number of hydrogen-bond donors (Lipinski definition) is 1. The third-order valence-electron chi connectivity index (χ3n) is 4.51. The molecular formula is C18H19FN2O2S. The maximum absolute atomic E-state index is 13.7. The number of hydrogen-bond acceptors (Lipinski definition) is 4. The molecule has 2 heterocycles. The normalized spacial score (nSPS) is 21.2. The molecule has 2 aromatic rings. The van der Waals surface area contributed by atoms with E-state index >= 15 is 0 Å². The molecule has 4 nitrogen and oxygen atoms in total. The third-order valence-corrected chi connectivity index (χ3v) is 5.75. The number of methoxy groups -OCH3 is 1. The maximum Gasteiger partial charge on any atom is 0.228 e. The zero-order valence-corrected chi connectivity index (χ0v) is 14.7. The Morgan fingerprint density at radius 2 is 2.00 bits per heavy atom. The number of piperidine rings is 1. The number of thiophene rings is 1. The van der Waals surface area contributed by atoms with Gasteiger partial charge < -0.3 is 9.64 Å². The van der Waals surface area contributed by atoms with Crippen LogP contribution in [0, 0.1) is 11.2 Å². The van der Waals surface area contributed by atoms with E-state index in [1.165, 1.54) is 24.1 Å². The van der Waals surface area contributed by atoms with Crippen molar-refractivity contribution in [1.29, 1.82) is 5.41 Å². The summed E-state index contributed by atoms with van der Waals surface area (Å²) < 4.78 is 18.9. The summed E-state index contributed by atoms with van der Waals surface area (Å²) in [6, 6.07) is 6.59. The van der Waals surface area contributed by atoms with Gasteiger partial charge in [-0.3, -0.25) is 10.2 Å². The lowest BCUT2D eigenvalue weighted by Crippen LogP contribution is -2.46. The second-order valence-corrected chi connectivity index (χ2v) is 7.30. The number of amides is 1. The third kappa shape index (κ3) is 2.94. The van der Waals surface area contributed by atoms with Gasteiger partial charge in [-0.25, -0.2) is 4.39 Å². The van der Waals surface area contributed by atoms with E-state index in [-0.39, 0.29) is 17.1 Å². The Morgan fingerprint density at radius 3 is 2.67 bits per heavy atom. The summed E-state index contributed by atoms with van der Waals surface area (Å²) in [6.45, 7) is 2.01. The van der Waals surface area contributed by atoms with Gasteiger partial charge >= 0.3 is 0 Å². The molecule has 1 aromatic carbocycles. The molecule has 1 aliphatic rings. The minimum absolute atomic E-state index is 0.0453. The van der Waals surface area contributed by atoms with Crippen LogP contribution in [0.15, 0.2) is 29.6 Å². The van der Waals surface area contributed by atoms with Crippen LogP contribution < -0.4 is 4.74 Å². The fourth-order valence-corrected chi connectivity index (χ4v) is 4.06. The summed E-state index contributed by atoms with van der Waals surface area (Å²) in [5.41, 5.74) is 1.25. The molecule has 0 bridgehead atoms. The van der Waals surface area contributed by atoms with Crippen molar-refractivity contribution in [3.8, 4) is 16.9 Å². The van der Waals surface area contributed by atoms with Crippen molar-refractivity contribution in [1.82, 2.24) is 4.90 Å². The van der Waals surface area contributed by atoms with Crippen LogP contribution in [0.25, 0.3) is 11.1 Å². The average molecular weight is 346 g/mol. The number of ether oxygens (including phenoxy) is 1. The molecule has 0 aliphatic carbocycles. The molecule has 1 fully saturated rings. The number of amidine groups is 1. The first kappa shape index (κ1) is 16.6. The lowest BCUT2D eigenvalue weighted by molar-refractivity contribution is -0.128. The SMILES string of the molecule is COc1cc(F)cc(-c2csc([C@@]3(C)CC(=N)N(C)C(=O)C3)c2)c1. The molecule has 1 atom stereocenters. The van der Waals surface area contributed by atoms with Crippen molar-refractivity contribution in [2.75, 3.05) is 14.2 Å². The fraction of sp³-hybridized carbons (Fsp3) is 0.333. The van der Waals surface area contributed by atoms with Gasteiger partial charge in [-0.1, -0.05) is 6.92 Å². The zero-order valence-electron chi connectivity index (χ0n) is 13.9. The maximum atomic E-state index is 13.7. The Labute approximate surface area is 144 Å². The monoisotopic (exact) mass is 346 g/mol. The largest absolute Gasteiger partial charge is 0.497 e. The van der Waals surface area contributed by atoms with Crippen LogP contribution in [0.2, 0.25) is 0 Å². The quantitative estimate of drug-likeness (QED) is 0.911. The summed E-state index contributed by atoms with van der Waals surface area (Å²) >= 11 is 1.54. The molecule has 0 spiro atoms. The van der Waals surface area contributed by atoms with Crippen LogP contribution in [-0.2, 0) is 10.2 Å². The van der Waals surface area contributed by atoms with Gasteiger partial charge in [-0.2, -0.15) is 0 Å². The summed E-state index contributed by atoms with van der Waals surface area (Å²) in [4.78, 5) is 14.6. The summed E-state index contributed by atoms with van der Waals surface area (Å²) in [5, 5.41) is 9.99. The molecule has 1 saturated heterocycles. The van der Waals surface area contributed by atoms with Gasteiger partial charge in [-0.05, 0) is 34.7 Å². The predicted molar refractivity (Wildman–Crippen MR) is 93.3 cm³/mol. The first-order valence-electron chi connectivity index (χ1n) is 7.60. The van der Waals surface area contributed by atoms with Crippen LogP contribution in [-0.4, -0.2) is 30.8 Å². The molecule has 0 unspecified atom stereocenters. The smallest absolute Gasteiger partial charge is 0.228 e. The van der Waals surface area contributed by atoms with Gasteiger partial charge in [0.25, 0.3) is 0 Å². The Kier molecular flexibility index (Phi) is 4.17. The van der Waals surface area contributed by atoms with Gasteiger partial charge in [0, 0.05) is 36.2 Å². The van der Waals surface area contributed by atoms with Crippen LogP contribution in [0.3, 0.4) is 0 Å². The number of carbonyl (C=O) groups is 1. The van der Waals surface area contributed by atoms with Crippen molar-refractivity contribution in [3.63, 3.8) is 0 Å². The van der Waals surface area contributed by atoms with Crippen LogP contribution in [0.1, 0.15) is 24.6 Å². The predicted octanol–water partition coefficient (Wildman–Crippen LogP) is 4.05. The number of benzene rings is 1. The number of nitrogens with zero attached hydrogens (tertiary/aromatic N) is 1. The number of nitrogens with one attached hydrogen (secondary N) is 1. The molecule has 1 aliphatic heterocycles. The minimum Gasteiger partial charge on any atom is -0.497 e. The van der Waals surface area contributed by atoms with E-state index in [4.69, 9.17) is 10.1 Å². The highest BCUT2D eigenvalue weighted by Gasteiger charge is 2.39. The van der Waals surface area contributed by atoms with Crippen LogP contribution in [0.4, 0.5) is 4.39 Å². The van der Waals surface area contributed by atoms with E-state index in [0.717, 1.165) is 16.0 Å². The van der Waals surface area contributed by atoms with Crippen molar-refractivity contribution in [3.05, 3.63) is 40.3 Å². The molecule has 24 heavy (non-hydrogen) atoms. The molecule has 0 saturated carbocycles. The molecule has 126 valence electrons. The van der Waals surface area contributed by atoms with Gasteiger partial charge in [0.2, 0.25) is 5.91 Å². The Hall–Kier alpha value is -2.21. The highest BCUT2D eigenvalue weighted by atomic mass is 32.1. The van der Waals surface area contributed by atoms with Gasteiger partial charge in [0.05, 0.1) is 7.11 Å². The molecular weight excluding hydrogens is 327 g/mol. The lowest BCUT2D eigenvalue weighted by atomic mass is 9.78. The van der Waals surface area contributed by atoms with Crippen molar-refractivity contribution in [2.45, 2.75) is 25.2 Å². The fourth-order valence-electron chi connectivity index (χ4n) is 2.98. The first-order chi connectivity index (χ1) is 11.3. The molecule has 1 aromatic heterocycles. The second-order valence-electron chi connectivity index (χ2n) is 6.39. The van der Waals surface area contributed by atoms with Gasteiger partial charge in [0.15, 0.2) is 0 Å². The van der Waals surface area contributed by atoms with Crippen LogP contribution in [0.5, 0.6) is 5.75 Å². The molecule has 1 amide bonds. The van der Waals surface area contributed by atoms with Crippen molar-refractivity contribution in [2.24, 2.45) is 0 Å². The molecule has 0 radical (unpaired) electrons. The van der Waals surface area contributed by atoms with Gasteiger partial charge in [-0.15, -0.1) is 11.3 Å². The molecule has 1 N–H and O–H groups in total. The number of likely N-dealkylation sites (tertiary alicyclic amines) is 1. The van der Waals surface area contributed by atoms with E-state index in [1.54, 1.807) is 24.5 Å². The van der Waals surface area contributed by atoms with E-state index in [1.807, 2.05) is 18.4 Å². The van der Waals surface area contributed by atoms with E-state index in [9.17, 15) is 9.18 Å². The highest BCUT2D eigenvalue weighted by molar-refractivity contribution is 7.10. The first-order valence-corrected chi connectivity index (χ1v) is 8.48. The molecule has 3 rings (SSSR count). The number of carbonyl (C=O) groups excluding carboxylic acids is 1. The van der Waals surface area contributed by atoms with Gasteiger partial charge in [0.1, 0.15) is 17.4 Å². The van der Waals surface area contributed by atoms with Crippen LogP contribution >= 0.6 is 11.3 Å². The Morgan fingerprint density at radius 1 is 1.25 bits per heavy atom. The topological polar surface area (TPSA) is 53.4 Å².